The lowest BCUT2D eigenvalue weighted by atomic mass is 10.1. The number of hydrogen-bond donors (Lipinski definition) is 1. The molecule has 12 heteroatoms. The summed E-state index contributed by atoms with van der Waals surface area (Å²) in [5, 5.41) is 14.4. The summed E-state index contributed by atoms with van der Waals surface area (Å²) in [6.07, 6.45) is 0.698. The number of carbonyl (C=O) groups excluding carboxylic acids is 2. The summed E-state index contributed by atoms with van der Waals surface area (Å²) in [6.45, 7) is 3.23. The smallest absolute Gasteiger partial charge is 0.269 e. The van der Waals surface area contributed by atoms with E-state index in [1.807, 2.05) is 6.92 Å². The second-order valence-corrected chi connectivity index (χ2v) is 11.0. The van der Waals surface area contributed by atoms with Gasteiger partial charge < -0.3 is 10.2 Å². The van der Waals surface area contributed by atoms with E-state index in [-0.39, 0.29) is 28.7 Å². The summed E-state index contributed by atoms with van der Waals surface area (Å²) < 4.78 is 28.2. The van der Waals surface area contributed by atoms with E-state index >= 15 is 0 Å². The maximum absolute atomic E-state index is 13.8. The summed E-state index contributed by atoms with van der Waals surface area (Å²) in [7, 11) is -4.26. The first kappa shape index (κ1) is 29.6. The molecule has 2 amide bonds. The van der Waals surface area contributed by atoms with Gasteiger partial charge in [-0.1, -0.05) is 48.9 Å². The molecule has 0 unspecified atom stereocenters. The molecule has 10 nitrogen and oxygen atoms in total. The Bertz CT molecular complexity index is 1420. The third-order valence-electron chi connectivity index (χ3n) is 5.92. The van der Waals surface area contributed by atoms with Crippen LogP contribution < -0.4 is 9.62 Å². The largest absolute Gasteiger partial charge is 0.354 e. The zero-order valence-corrected chi connectivity index (χ0v) is 23.1. The molecule has 0 bridgehead atoms. The number of nitrogens with zero attached hydrogens (tertiary/aromatic N) is 3. The highest BCUT2D eigenvalue weighted by atomic mass is 35.5. The predicted molar refractivity (Wildman–Crippen MR) is 149 cm³/mol. The van der Waals surface area contributed by atoms with E-state index in [4.69, 9.17) is 11.6 Å². The Morgan fingerprint density at radius 3 is 2.28 bits per heavy atom. The number of halogens is 1. The van der Waals surface area contributed by atoms with Crippen molar-refractivity contribution >= 4 is 44.8 Å². The minimum Gasteiger partial charge on any atom is -0.354 e. The van der Waals surface area contributed by atoms with Crippen LogP contribution in [-0.2, 0) is 26.2 Å². The van der Waals surface area contributed by atoms with Crippen molar-refractivity contribution in [2.75, 3.05) is 17.4 Å². The SMILES string of the molecule is CCCNC(=O)[C@@H](C)N(Cc1cccc(Cl)c1)C(=O)CN(c1ccc([N+](=O)[O-])cc1)S(=O)(=O)c1ccccc1. The highest BCUT2D eigenvalue weighted by Crippen LogP contribution is 2.26. The number of nitro benzene ring substituents is 1. The fourth-order valence-electron chi connectivity index (χ4n) is 3.80. The lowest BCUT2D eigenvalue weighted by Gasteiger charge is -2.32. The van der Waals surface area contributed by atoms with Crippen LogP contribution >= 0.6 is 11.6 Å². The molecule has 1 N–H and O–H groups in total. The molecule has 39 heavy (non-hydrogen) atoms. The summed E-state index contributed by atoms with van der Waals surface area (Å²) in [5.74, 6) is -1.04. The number of rotatable bonds is 12. The number of nitrogens with one attached hydrogen (secondary N) is 1. The van der Waals surface area contributed by atoms with Gasteiger partial charge in [-0.15, -0.1) is 0 Å². The first-order valence-corrected chi connectivity index (χ1v) is 14.0. The topological polar surface area (TPSA) is 130 Å². The van der Waals surface area contributed by atoms with Gasteiger partial charge in [-0.25, -0.2) is 8.42 Å². The number of amides is 2. The Labute approximate surface area is 232 Å². The number of anilines is 1. The van der Waals surface area contributed by atoms with Crippen LogP contribution in [-0.4, -0.2) is 49.2 Å². The molecule has 3 aromatic rings. The Hall–Kier alpha value is -3.96. The van der Waals surface area contributed by atoms with Crippen LogP contribution in [0.5, 0.6) is 0 Å². The van der Waals surface area contributed by atoms with E-state index in [0.717, 1.165) is 16.4 Å². The van der Waals surface area contributed by atoms with Gasteiger partial charge in [0.15, 0.2) is 0 Å². The van der Waals surface area contributed by atoms with Crippen molar-refractivity contribution in [1.82, 2.24) is 10.2 Å². The quantitative estimate of drug-likeness (QED) is 0.253. The number of non-ortho nitro benzene ring substituents is 1. The van der Waals surface area contributed by atoms with Gasteiger partial charge in [0.1, 0.15) is 12.6 Å². The Morgan fingerprint density at radius 1 is 1.03 bits per heavy atom. The van der Waals surface area contributed by atoms with E-state index in [2.05, 4.69) is 5.32 Å². The Morgan fingerprint density at radius 2 is 1.69 bits per heavy atom. The Kier molecular flexibility index (Phi) is 10.0. The fraction of sp³-hybridized carbons (Fsp3) is 0.259. The van der Waals surface area contributed by atoms with E-state index in [1.165, 1.54) is 29.2 Å². The molecule has 0 spiro atoms. The summed E-state index contributed by atoms with van der Waals surface area (Å²) in [6, 6.07) is 18.3. The average Bonchev–Trinajstić information content (AvgIpc) is 2.93. The molecule has 0 fully saturated rings. The summed E-state index contributed by atoms with van der Waals surface area (Å²) in [4.78, 5) is 38.4. The van der Waals surface area contributed by atoms with Gasteiger partial charge in [0.2, 0.25) is 11.8 Å². The van der Waals surface area contributed by atoms with Gasteiger partial charge in [0, 0.05) is 30.2 Å². The lowest BCUT2D eigenvalue weighted by molar-refractivity contribution is -0.384. The van der Waals surface area contributed by atoms with Gasteiger partial charge in [0.05, 0.1) is 15.5 Å². The summed E-state index contributed by atoms with van der Waals surface area (Å²) >= 11 is 6.13. The molecule has 1 atom stereocenters. The third kappa shape index (κ3) is 7.55. The zero-order valence-electron chi connectivity index (χ0n) is 21.5. The molecule has 3 rings (SSSR count). The van der Waals surface area contributed by atoms with Gasteiger partial charge in [-0.05, 0) is 55.3 Å². The second-order valence-electron chi connectivity index (χ2n) is 8.72. The molecular weight excluding hydrogens is 544 g/mol. The second kappa shape index (κ2) is 13.2. The van der Waals surface area contributed by atoms with Crippen LogP contribution in [0.3, 0.4) is 0 Å². The van der Waals surface area contributed by atoms with Crippen LogP contribution in [0.2, 0.25) is 5.02 Å². The lowest BCUT2D eigenvalue weighted by Crippen LogP contribution is -2.51. The first-order valence-electron chi connectivity index (χ1n) is 12.2. The average molecular weight is 573 g/mol. The maximum atomic E-state index is 13.8. The number of carbonyl (C=O) groups is 2. The zero-order chi connectivity index (χ0) is 28.6. The van der Waals surface area contributed by atoms with E-state index < -0.39 is 33.4 Å². The first-order chi connectivity index (χ1) is 18.5. The van der Waals surface area contributed by atoms with Crippen LogP contribution in [0.4, 0.5) is 11.4 Å². The van der Waals surface area contributed by atoms with Gasteiger partial charge >= 0.3 is 0 Å². The van der Waals surface area contributed by atoms with Gasteiger partial charge in [-0.2, -0.15) is 0 Å². The summed E-state index contributed by atoms with van der Waals surface area (Å²) in [5.41, 5.74) is 0.480. The standard InChI is InChI=1S/C27H29ClN4O6S/c1-3-16-29-27(34)20(2)30(18-21-8-7-9-22(28)17-21)26(33)19-31(23-12-14-24(15-13-23)32(35)36)39(37,38)25-10-5-4-6-11-25/h4-15,17,20H,3,16,18-19H2,1-2H3,(H,29,34)/t20-/m1/s1. The van der Waals surface area contributed by atoms with E-state index in [1.54, 1.807) is 49.4 Å². The van der Waals surface area contributed by atoms with E-state index in [0.29, 0.717) is 23.6 Å². The van der Waals surface area contributed by atoms with Gasteiger partial charge in [-0.3, -0.25) is 24.0 Å². The maximum Gasteiger partial charge on any atom is 0.269 e. The van der Waals surface area contributed by atoms with Crippen molar-refractivity contribution in [3.8, 4) is 0 Å². The Balaban J connectivity index is 2.03. The third-order valence-corrected chi connectivity index (χ3v) is 7.94. The fourth-order valence-corrected chi connectivity index (χ4v) is 5.45. The molecule has 0 heterocycles. The normalized spacial score (nSPS) is 11.9. The molecule has 0 aromatic heterocycles. The highest BCUT2D eigenvalue weighted by Gasteiger charge is 2.32. The van der Waals surface area contributed by atoms with Gasteiger partial charge in [0.25, 0.3) is 15.7 Å². The van der Waals surface area contributed by atoms with E-state index in [9.17, 15) is 28.1 Å². The van der Waals surface area contributed by atoms with Crippen molar-refractivity contribution in [2.24, 2.45) is 0 Å². The number of nitro groups is 1. The predicted octanol–water partition coefficient (Wildman–Crippen LogP) is 4.39. The van der Waals surface area contributed by atoms with Crippen molar-refractivity contribution in [1.29, 1.82) is 0 Å². The highest BCUT2D eigenvalue weighted by molar-refractivity contribution is 7.92. The van der Waals surface area contributed by atoms with Crippen LogP contribution in [0.1, 0.15) is 25.8 Å². The monoisotopic (exact) mass is 572 g/mol. The molecule has 0 aliphatic heterocycles. The molecule has 3 aromatic carbocycles. The van der Waals surface area contributed by atoms with Crippen molar-refractivity contribution in [3.63, 3.8) is 0 Å². The molecule has 0 aliphatic carbocycles. The molecule has 0 saturated carbocycles. The van der Waals surface area contributed by atoms with Crippen molar-refractivity contribution in [3.05, 3.63) is 99.6 Å². The molecule has 0 radical (unpaired) electrons. The number of benzene rings is 3. The van der Waals surface area contributed by atoms with Crippen molar-refractivity contribution < 1.29 is 22.9 Å². The number of hydrogen-bond acceptors (Lipinski definition) is 6. The number of sulfonamides is 1. The van der Waals surface area contributed by atoms with Crippen LogP contribution in [0.25, 0.3) is 0 Å². The molecule has 206 valence electrons. The minimum absolute atomic E-state index is 0.000406. The van der Waals surface area contributed by atoms with Crippen molar-refractivity contribution in [2.45, 2.75) is 37.8 Å². The molecule has 0 aliphatic rings. The van der Waals surface area contributed by atoms with Crippen LogP contribution in [0.15, 0.2) is 83.8 Å². The molecular formula is C27H29ClN4O6S. The van der Waals surface area contributed by atoms with Crippen LogP contribution in [0, 0.1) is 10.1 Å². The minimum atomic E-state index is -4.26. The molecule has 0 saturated heterocycles.